The molecule has 0 saturated heterocycles. The average Bonchev–Trinajstić information content (AvgIpc) is 3.29. The lowest BCUT2D eigenvalue weighted by molar-refractivity contribution is -0.167. The zero-order chi connectivity index (χ0) is 47.7. The first kappa shape index (κ1) is 63.4. The molecule has 0 heterocycles. The van der Waals surface area contributed by atoms with Crippen LogP contribution in [0.4, 0.5) is 0 Å². The van der Waals surface area contributed by atoms with Crippen molar-refractivity contribution in [2.75, 3.05) is 13.2 Å². The number of carbonyl (C=O) groups excluding carboxylic acids is 3. The Hall–Kier alpha value is -1.59. The third kappa shape index (κ3) is 50.1. The Labute approximate surface area is 406 Å². The predicted octanol–water partition coefficient (Wildman–Crippen LogP) is 19.1. The Kier molecular flexibility index (Phi) is 49.1. The van der Waals surface area contributed by atoms with Gasteiger partial charge in [0.15, 0.2) is 6.10 Å². The summed E-state index contributed by atoms with van der Waals surface area (Å²) in [6.45, 7) is 13.8. The molecule has 0 aromatic heterocycles. The van der Waals surface area contributed by atoms with Crippen molar-refractivity contribution in [2.45, 2.75) is 330 Å². The van der Waals surface area contributed by atoms with Crippen molar-refractivity contribution in [1.82, 2.24) is 0 Å². The Morgan fingerprint density at radius 1 is 0.308 bits per heavy atom. The van der Waals surface area contributed by atoms with Crippen LogP contribution in [0.15, 0.2) is 0 Å². The van der Waals surface area contributed by atoms with E-state index in [1.165, 1.54) is 205 Å². The van der Waals surface area contributed by atoms with E-state index >= 15 is 0 Å². The third-order valence-electron chi connectivity index (χ3n) is 14.1. The van der Waals surface area contributed by atoms with E-state index in [0.29, 0.717) is 19.3 Å². The normalized spacial score (nSPS) is 13.0. The number of unbranched alkanes of at least 4 members (excludes halogenated alkanes) is 33. The molecule has 0 aliphatic rings. The van der Waals surface area contributed by atoms with Gasteiger partial charge in [-0.2, -0.15) is 0 Å². The molecule has 0 aliphatic heterocycles. The first-order valence-corrected chi connectivity index (χ1v) is 29.2. The van der Waals surface area contributed by atoms with E-state index in [4.69, 9.17) is 14.2 Å². The van der Waals surface area contributed by atoms with Gasteiger partial charge in [0.1, 0.15) is 13.2 Å². The highest BCUT2D eigenvalue weighted by molar-refractivity contribution is 5.71. The second kappa shape index (κ2) is 50.3. The summed E-state index contributed by atoms with van der Waals surface area (Å²) in [4.78, 5) is 38.1. The molecule has 0 spiro atoms. The van der Waals surface area contributed by atoms with E-state index in [2.05, 4.69) is 41.5 Å². The van der Waals surface area contributed by atoms with Crippen LogP contribution in [0.25, 0.3) is 0 Å². The lowest BCUT2D eigenvalue weighted by Crippen LogP contribution is -2.30. The van der Waals surface area contributed by atoms with E-state index < -0.39 is 6.10 Å². The Morgan fingerprint density at radius 2 is 0.538 bits per heavy atom. The van der Waals surface area contributed by atoms with Crippen LogP contribution in [-0.2, 0) is 28.6 Å². The molecule has 3 atom stereocenters. The Morgan fingerprint density at radius 3 is 0.800 bits per heavy atom. The molecule has 0 bridgehead atoms. The third-order valence-corrected chi connectivity index (χ3v) is 14.1. The zero-order valence-corrected chi connectivity index (χ0v) is 44.8. The molecule has 65 heavy (non-hydrogen) atoms. The van der Waals surface area contributed by atoms with Crippen molar-refractivity contribution in [2.24, 2.45) is 17.8 Å². The predicted molar refractivity (Wildman–Crippen MR) is 279 cm³/mol. The van der Waals surface area contributed by atoms with E-state index in [9.17, 15) is 14.4 Å². The van der Waals surface area contributed by atoms with Gasteiger partial charge in [0.25, 0.3) is 0 Å². The summed E-state index contributed by atoms with van der Waals surface area (Å²) in [5, 5.41) is 0. The van der Waals surface area contributed by atoms with E-state index in [-0.39, 0.29) is 31.1 Å². The Balaban J connectivity index is 4.25. The highest BCUT2D eigenvalue weighted by Crippen LogP contribution is 2.19. The number of hydrogen-bond donors (Lipinski definition) is 0. The molecule has 0 rings (SSSR count). The molecule has 0 saturated carbocycles. The van der Waals surface area contributed by atoms with Crippen molar-refractivity contribution in [1.29, 1.82) is 0 Å². The van der Waals surface area contributed by atoms with Gasteiger partial charge in [-0.1, -0.05) is 286 Å². The van der Waals surface area contributed by atoms with Crippen molar-refractivity contribution >= 4 is 17.9 Å². The minimum atomic E-state index is -0.764. The molecule has 0 fully saturated rings. The monoisotopic (exact) mass is 919 g/mol. The first-order chi connectivity index (χ1) is 31.7. The summed E-state index contributed by atoms with van der Waals surface area (Å²) in [6, 6.07) is 0. The van der Waals surface area contributed by atoms with Crippen LogP contribution in [0.3, 0.4) is 0 Å². The molecular weight excluding hydrogens is 805 g/mol. The van der Waals surface area contributed by atoms with Crippen LogP contribution in [0.5, 0.6) is 0 Å². The molecule has 0 aromatic carbocycles. The molecule has 0 aromatic rings. The molecular formula is C59H114O6. The van der Waals surface area contributed by atoms with Crippen molar-refractivity contribution < 1.29 is 28.6 Å². The van der Waals surface area contributed by atoms with Gasteiger partial charge in [0, 0.05) is 19.3 Å². The number of ether oxygens (including phenoxy) is 3. The minimum absolute atomic E-state index is 0.0642. The molecule has 6 nitrogen and oxygen atoms in total. The summed E-state index contributed by atoms with van der Waals surface area (Å²) >= 11 is 0. The van der Waals surface area contributed by atoms with E-state index in [0.717, 1.165) is 75.5 Å². The smallest absolute Gasteiger partial charge is 0.306 e. The maximum absolute atomic E-state index is 12.8. The second-order valence-corrected chi connectivity index (χ2v) is 21.2. The van der Waals surface area contributed by atoms with Crippen LogP contribution in [0.2, 0.25) is 0 Å². The summed E-state index contributed by atoms with van der Waals surface area (Å²) < 4.78 is 16.9. The minimum Gasteiger partial charge on any atom is -0.462 e. The van der Waals surface area contributed by atoms with Crippen LogP contribution in [-0.4, -0.2) is 37.2 Å². The van der Waals surface area contributed by atoms with E-state index in [1.807, 2.05) is 0 Å². The molecule has 0 N–H and O–H groups in total. The van der Waals surface area contributed by atoms with Crippen LogP contribution >= 0.6 is 0 Å². The molecule has 0 radical (unpaired) electrons. The van der Waals surface area contributed by atoms with Gasteiger partial charge in [0.05, 0.1) is 0 Å². The number of esters is 3. The van der Waals surface area contributed by atoms with Gasteiger partial charge in [-0.05, 0) is 37.0 Å². The molecule has 0 amide bonds. The SMILES string of the molecule is CCC(C)CCCCCCCCCCCCCCCCC(=O)O[C@H](COC(=O)CCCCCCCCCCCCCCCCCCC(C)C)COC(=O)CCCCCCCCC(C)CC. The van der Waals surface area contributed by atoms with Crippen LogP contribution in [0.1, 0.15) is 324 Å². The quantitative estimate of drug-likeness (QED) is 0.0344. The summed E-state index contributed by atoms with van der Waals surface area (Å²) in [5.41, 5.74) is 0. The molecule has 386 valence electrons. The highest BCUT2D eigenvalue weighted by atomic mass is 16.6. The summed E-state index contributed by atoms with van der Waals surface area (Å²) in [5.74, 6) is 1.71. The van der Waals surface area contributed by atoms with Crippen LogP contribution in [0, 0.1) is 17.8 Å². The maximum Gasteiger partial charge on any atom is 0.306 e. The van der Waals surface area contributed by atoms with Gasteiger partial charge in [0.2, 0.25) is 0 Å². The fraction of sp³-hybridized carbons (Fsp3) is 0.949. The molecule has 2 unspecified atom stereocenters. The topological polar surface area (TPSA) is 78.9 Å². The second-order valence-electron chi connectivity index (χ2n) is 21.2. The van der Waals surface area contributed by atoms with Gasteiger partial charge >= 0.3 is 17.9 Å². The molecule has 0 aliphatic carbocycles. The summed E-state index contributed by atoms with van der Waals surface area (Å²) in [7, 11) is 0. The van der Waals surface area contributed by atoms with Gasteiger partial charge < -0.3 is 14.2 Å². The average molecular weight is 920 g/mol. The highest BCUT2D eigenvalue weighted by Gasteiger charge is 2.19. The summed E-state index contributed by atoms with van der Waals surface area (Å²) in [6.07, 6.45) is 52.4. The van der Waals surface area contributed by atoms with Crippen molar-refractivity contribution in [3.8, 4) is 0 Å². The number of carbonyl (C=O) groups is 3. The van der Waals surface area contributed by atoms with Gasteiger partial charge in [-0.25, -0.2) is 0 Å². The van der Waals surface area contributed by atoms with Gasteiger partial charge in [-0.15, -0.1) is 0 Å². The van der Waals surface area contributed by atoms with Gasteiger partial charge in [-0.3, -0.25) is 14.4 Å². The fourth-order valence-electron chi connectivity index (χ4n) is 8.93. The Bertz CT molecular complexity index is 1010. The van der Waals surface area contributed by atoms with Crippen LogP contribution < -0.4 is 0 Å². The largest absolute Gasteiger partial charge is 0.462 e. The lowest BCUT2D eigenvalue weighted by Gasteiger charge is -2.18. The van der Waals surface area contributed by atoms with Crippen molar-refractivity contribution in [3.05, 3.63) is 0 Å². The maximum atomic E-state index is 12.8. The zero-order valence-electron chi connectivity index (χ0n) is 44.8. The lowest BCUT2D eigenvalue weighted by atomic mass is 9.99. The van der Waals surface area contributed by atoms with Crippen molar-refractivity contribution in [3.63, 3.8) is 0 Å². The number of hydrogen-bond acceptors (Lipinski definition) is 6. The molecule has 6 heteroatoms. The first-order valence-electron chi connectivity index (χ1n) is 29.2. The fourth-order valence-corrected chi connectivity index (χ4v) is 8.93. The number of rotatable bonds is 52. The van der Waals surface area contributed by atoms with E-state index in [1.54, 1.807) is 0 Å². The standard InChI is InChI=1S/C59H114O6/c1-7-54(5)46-40-34-28-24-20-16-13-14-18-22-26-30-38-44-50-59(62)65-56(52-64-58(61)49-43-37-32-31-35-41-47-55(6)8-2)51-63-57(60)48-42-36-29-25-21-17-12-10-9-11-15-19-23-27-33-39-45-53(3)4/h53-56H,7-52H2,1-6H3/t54?,55?,56-/m1/s1.